The van der Waals surface area contributed by atoms with Crippen molar-refractivity contribution >= 4 is 6.03 Å². The number of likely N-dealkylation sites (N-methyl/N-ethyl adjacent to an activating group) is 1. The summed E-state index contributed by atoms with van der Waals surface area (Å²) in [4.78, 5) is 13.4. The molecule has 1 unspecified atom stereocenters. The second-order valence-electron chi connectivity index (χ2n) is 5.38. The van der Waals surface area contributed by atoms with Crippen LogP contribution in [0.15, 0.2) is 0 Å². The van der Waals surface area contributed by atoms with Gasteiger partial charge in [-0.2, -0.15) is 0 Å². The molecule has 4 nitrogen and oxygen atoms in total. The molecule has 0 aromatic heterocycles. The number of nitrogens with zero attached hydrogens (tertiary/aromatic N) is 1. The van der Waals surface area contributed by atoms with Gasteiger partial charge in [0.15, 0.2) is 0 Å². The van der Waals surface area contributed by atoms with E-state index in [0.29, 0.717) is 12.6 Å². The molecule has 0 saturated heterocycles. The van der Waals surface area contributed by atoms with E-state index in [0.717, 1.165) is 11.8 Å². The van der Waals surface area contributed by atoms with Gasteiger partial charge >= 0.3 is 6.03 Å². The highest BCUT2D eigenvalue weighted by atomic mass is 16.3. The molecule has 0 bridgehead atoms. The maximum absolute atomic E-state index is 11.9. The van der Waals surface area contributed by atoms with Gasteiger partial charge in [-0.15, -0.1) is 0 Å². The number of carbonyl (C=O) groups excluding carboxylic acids is 1. The summed E-state index contributed by atoms with van der Waals surface area (Å²) in [5.74, 6) is 1.44. The summed E-state index contributed by atoms with van der Waals surface area (Å²) in [5, 5.41) is 12.3. The van der Waals surface area contributed by atoms with Crippen LogP contribution in [0.5, 0.6) is 0 Å². The fraction of sp³-hybridized carbons (Fsp3) is 0.917. The average Bonchev–Trinajstić information content (AvgIpc) is 3.03. The minimum atomic E-state index is -0.462. The van der Waals surface area contributed by atoms with Gasteiger partial charge < -0.3 is 15.3 Å². The van der Waals surface area contributed by atoms with Crippen LogP contribution in [-0.2, 0) is 0 Å². The molecule has 0 aliphatic heterocycles. The predicted octanol–water partition coefficient (Wildman–Crippen LogP) is 1.20. The lowest BCUT2D eigenvalue weighted by atomic mass is 10.1. The Morgan fingerprint density at radius 1 is 1.38 bits per heavy atom. The molecule has 16 heavy (non-hydrogen) atoms. The molecule has 92 valence electrons. The first-order valence-electron chi connectivity index (χ1n) is 6.27. The summed E-state index contributed by atoms with van der Waals surface area (Å²) >= 11 is 0. The highest BCUT2D eigenvalue weighted by Gasteiger charge is 2.42. The van der Waals surface area contributed by atoms with Gasteiger partial charge in [-0.05, 0) is 44.4 Å². The molecule has 0 radical (unpaired) electrons. The van der Waals surface area contributed by atoms with Crippen molar-refractivity contribution in [1.29, 1.82) is 0 Å². The highest BCUT2D eigenvalue weighted by molar-refractivity contribution is 5.74. The van der Waals surface area contributed by atoms with Crippen LogP contribution in [0.1, 0.15) is 32.6 Å². The van der Waals surface area contributed by atoms with Gasteiger partial charge in [-0.1, -0.05) is 0 Å². The lowest BCUT2D eigenvalue weighted by Crippen LogP contribution is -2.46. The SMILES string of the molecule is CC(O)CN(C)C(=O)NC(C1CC1)C1CC1. The Morgan fingerprint density at radius 3 is 2.25 bits per heavy atom. The monoisotopic (exact) mass is 226 g/mol. The van der Waals surface area contributed by atoms with Crippen molar-refractivity contribution in [1.82, 2.24) is 10.2 Å². The second kappa shape index (κ2) is 4.62. The summed E-state index contributed by atoms with van der Waals surface area (Å²) in [7, 11) is 1.74. The Labute approximate surface area is 97.0 Å². The molecule has 4 heteroatoms. The van der Waals surface area contributed by atoms with E-state index in [4.69, 9.17) is 0 Å². The van der Waals surface area contributed by atoms with Crippen molar-refractivity contribution < 1.29 is 9.90 Å². The summed E-state index contributed by atoms with van der Waals surface area (Å²) in [6, 6.07) is 0.355. The molecule has 2 saturated carbocycles. The van der Waals surface area contributed by atoms with E-state index in [2.05, 4.69) is 5.32 Å². The van der Waals surface area contributed by atoms with Crippen LogP contribution in [0.4, 0.5) is 4.79 Å². The average molecular weight is 226 g/mol. The molecule has 2 amide bonds. The van der Waals surface area contributed by atoms with Crippen LogP contribution in [-0.4, -0.2) is 41.8 Å². The first kappa shape index (κ1) is 11.7. The molecule has 2 rings (SSSR count). The molecule has 0 heterocycles. The summed E-state index contributed by atoms with van der Waals surface area (Å²) < 4.78 is 0. The molecular weight excluding hydrogens is 204 g/mol. The lowest BCUT2D eigenvalue weighted by molar-refractivity contribution is 0.141. The molecule has 1 atom stereocenters. The molecular formula is C12H22N2O2. The van der Waals surface area contributed by atoms with Crippen LogP contribution in [0.2, 0.25) is 0 Å². The number of rotatable bonds is 5. The number of carbonyl (C=O) groups is 1. The normalized spacial score (nSPS) is 22.0. The van der Waals surface area contributed by atoms with Gasteiger partial charge in [0, 0.05) is 19.6 Å². The van der Waals surface area contributed by atoms with Gasteiger partial charge in [0.25, 0.3) is 0 Å². The largest absolute Gasteiger partial charge is 0.392 e. The minimum absolute atomic E-state index is 0.0373. The molecule has 0 aromatic rings. The van der Waals surface area contributed by atoms with E-state index >= 15 is 0 Å². The third-order valence-corrected chi connectivity index (χ3v) is 3.43. The van der Waals surface area contributed by atoms with Crippen molar-refractivity contribution in [2.45, 2.75) is 44.8 Å². The number of aliphatic hydroxyl groups excluding tert-OH is 1. The van der Waals surface area contributed by atoms with Crippen molar-refractivity contribution in [3.8, 4) is 0 Å². The van der Waals surface area contributed by atoms with Crippen molar-refractivity contribution in [3.63, 3.8) is 0 Å². The first-order valence-corrected chi connectivity index (χ1v) is 6.27. The van der Waals surface area contributed by atoms with E-state index in [1.54, 1.807) is 18.9 Å². The lowest BCUT2D eigenvalue weighted by Gasteiger charge is -2.24. The van der Waals surface area contributed by atoms with Crippen LogP contribution >= 0.6 is 0 Å². The first-order chi connectivity index (χ1) is 7.58. The smallest absolute Gasteiger partial charge is 0.317 e. The van der Waals surface area contributed by atoms with Crippen molar-refractivity contribution in [2.24, 2.45) is 11.8 Å². The topological polar surface area (TPSA) is 52.6 Å². The van der Waals surface area contributed by atoms with Crippen LogP contribution in [0, 0.1) is 11.8 Å². The Bertz CT molecular complexity index is 248. The highest BCUT2D eigenvalue weighted by Crippen LogP contribution is 2.44. The van der Waals surface area contributed by atoms with Crippen LogP contribution in [0.3, 0.4) is 0 Å². The number of amides is 2. The predicted molar refractivity (Wildman–Crippen MR) is 62.1 cm³/mol. The van der Waals surface area contributed by atoms with Crippen LogP contribution < -0.4 is 5.32 Å². The maximum Gasteiger partial charge on any atom is 0.317 e. The number of hydrogen-bond acceptors (Lipinski definition) is 2. The molecule has 2 N–H and O–H groups in total. The van der Waals surface area contributed by atoms with Crippen molar-refractivity contribution in [2.75, 3.05) is 13.6 Å². The minimum Gasteiger partial charge on any atom is -0.392 e. The van der Waals surface area contributed by atoms with Gasteiger partial charge in [0.05, 0.1) is 6.10 Å². The summed E-state index contributed by atoms with van der Waals surface area (Å²) in [5.41, 5.74) is 0. The zero-order valence-electron chi connectivity index (χ0n) is 10.1. The van der Waals surface area contributed by atoms with E-state index < -0.39 is 6.10 Å². The zero-order valence-corrected chi connectivity index (χ0v) is 10.1. The molecule has 2 aliphatic carbocycles. The third-order valence-electron chi connectivity index (χ3n) is 3.43. The van der Waals surface area contributed by atoms with E-state index in [1.807, 2.05) is 0 Å². The van der Waals surface area contributed by atoms with Crippen LogP contribution in [0.25, 0.3) is 0 Å². The molecule has 0 aromatic carbocycles. The summed E-state index contributed by atoms with van der Waals surface area (Å²) in [6.45, 7) is 2.09. The maximum atomic E-state index is 11.9. The second-order valence-corrected chi connectivity index (χ2v) is 5.38. The number of hydrogen-bond donors (Lipinski definition) is 2. The number of aliphatic hydroxyl groups is 1. The number of nitrogens with one attached hydrogen (secondary N) is 1. The van der Waals surface area contributed by atoms with E-state index in [1.165, 1.54) is 25.7 Å². The van der Waals surface area contributed by atoms with Gasteiger partial charge in [-0.25, -0.2) is 4.79 Å². The van der Waals surface area contributed by atoms with Gasteiger partial charge in [0.1, 0.15) is 0 Å². The quantitative estimate of drug-likeness (QED) is 0.740. The van der Waals surface area contributed by atoms with Gasteiger partial charge in [-0.3, -0.25) is 0 Å². The van der Waals surface area contributed by atoms with Crippen molar-refractivity contribution in [3.05, 3.63) is 0 Å². The molecule has 0 spiro atoms. The van der Waals surface area contributed by atoms with Gasteiger partial charge in [0.2, 0.25) is 0 Å². The zero-order chi connectivity index (χ0) is 11.7. The third kappa shape index (κ3) is 3.11. The Hall–Kier alpha value is -0.770. The van der Waals surface area contributed by atoms with E-state index in [-0.39, 0.29) is 6.03 Å². The summed E-state index contributed by atoms with van der Waals surface area (Å²) in [6.07, 6.45) is 4.60. The molecule has 2 fully saturated rings. The fourth-order valence-corrected chi connectivity index (χ4v) is 2.26. The fourth-order valence-electron chi connectivity index (χ4n) is 2.26. The van der Waals surface area contributed by atoms with E-state index in [9.17, 15) is 9.90 Å². The Morgan fingerprint density at radius 2 is 1.88 bits per heavy atom. The Balaban J connectivity index is 1.79. The number of urea groups is 1. The molecule has 2 aliphatic rings. The standard InChI is InChI=1S/C12H22N2O2/c1-8(15)7-14(2)12(16)13-11(9-3-4-9)10-5-6-10/h8-11,15H,3-7H2,1-2H3,(H,13,16). The Kier molecular flexibility index (Phi) is 3.38.